The molecule has 6 nitrogen and oxygen atoms in total. The summed E-state index contributed by atoms with van der Waals surface area (Å²) < 4.78 is 25.2. The zero-order chi connectivity index (χ0) is 19.4. The summed E-state index contributed by atoms with van der Waals surface area (Å²) in [5, 5.41) is 2.85. The Morgan fingerprint density at radius 2 is 1.93 bits per heavy atom. The van der Waals surface area contributed by atoms with Gasteiger partial charge in [-0.15, -0.1) is 0 Å². The van der Waals surface area contributed by atoms with Gasteiger partial charge < -0.3 is 19.7 Å². The van der Waals surface area contributed by atoms with Crippen LogP contribution in [0.3, 0.4) is 0 Å². The zero-order valence-electron chi connectivity index (χ0n) is 15.7. The SMILES string of the molecule is O=C(NCCc1ccccc1F)c1ccnc(N2CCC3(CC2)OCCO3)c1. The monoisotopic (exact) mass is 385 g/mol. The fraction of sp³-hybridized carbons (Fsp3) is 0.429. The van der Waals surface area contributed by atoms with Crippen LogP contribution in [0.15, 0.2) is 42.6 Å². The van der Waals surface area contributed by atoms with Gasteiger partial charge >= 0.3 is 0 Å². The smallest absolute Gasteiger partial charge is 0.251 e. The van der Waals surface area contributed by atoms with Crippen LogP contribution in [0.1, 0.15) is 28.8 Å². The molecule has 1 spiro atoms. The normalized spacial score (nSPS) is 18.4. The molecule has 2 aliphatic heterocycles. The van der Waals surface area contributed by atoms with Gasteiger partial charge in [0.05, 0.1) is 13.2 Å². The number of halogens is 1. The van der Waals surface area contributed by atoms with Crippen LogP contribution < -0.4 is 10.2 Å². The topological polar surface area (TPSA) is 63.7 Å². The van der Waals surface area contributed by atoms with Crippen molar-refractivity contribution in [2.24, 2.45) is 0 Å². The predicted octanol–water partition coefficient (Wildman–Crippen LogP) is 2.54. The molecule has 4 rings (SSSR count). The molecular formula is C21H24FN3O3. The van der Waals surface area contributed by atoms with Crippen LogP contribution >= 0.6 is 0 Å². The third-order valence-corrected chi connectivity index (χ3v) is 5.31. The minimum absolute atomic E-state index is 0.184. The number of ether oxygens (including phenoxy) is 2. The molecule has 2 aliphatic rings. The van der Waals surface area contributed by atoms with Gasteiger partial charge in [-0.05, 0) is 30.2 Å². The van der Waals surface area contributed by atoms with Gasteiger partial charge in [0.15, 0.2) is 5.79 Å². The van der Waals surface area contributed by atoms with Crippen LogP contribution in [0.25, 0.3) is 0 Å². The Balaban J connectivity index is 1.33. The number of nitrogens with one attached hydrogen (secondary N) is 1. The fourth-order valence-electron chi connectivity index (χ4n) is 3.71. The van der Waals surface area contributed by atoms with Gasteiger partial charge in [0.1, 0.15) is 11.6 Å². The minimum Gasteiger partial charge on any atom is -0.356 e. The van der Waals surface area contributed by atoms with E-state index in [1.165, 1.54) is 6.07 Å². The Bertz CT molecular complexity index is 829. The number of carbonyl (C=O) groups is 1. The Labute approximate surface area is 163 Å². The molecule has 28 heavy (non-hydrogen) atoms. The third kappa shape index (κ3) is 4.15. The van der Waals surface area contributed by atoms with Crippen LogP contribution in [-0.4, -0.2) is 49.5 Å². The van der Waals surface area contributed by atoms with E-state index in [-0.39, 0.29) is 11.7 Å². The lowest BCUT2D eigenvalue weighted by atomic mass is 10.0. The van der Waals surface area contributed by atoms with Crippen molar-refractivity contribution in [1.82, 2.24) is 10.3 Å². The Kier molecular flexibility index (Phi) is 5.54. The molecule has 0 atom stereocenters. The number of nitrogens with zero attached hydrogens (tertiary/aromatic N) is 2. The number of pyridine rings is 1. The number of carbonyl (C=O) groups excluding carboxylic acids is 1. The van der Waals surface area contributed by atoms with Gasteiger partial charge in [-0.2, -0.15) is 0 Å². The molecule has 1 amide bonds. The Morgan fingerprint density at radius 1 is 1.18 bits per heavy atom. The molecule has 7 heteroatoms. The second-order valence-electron chi connectivity index (χ2n) is 7.09. The van der Waals surface area contributed by atoms with E-state index in [4.69, 9.17) is 9.47 Å². The predicted molar refractivity (Wildman–Crippen MR) is 103 cm³/mol. The lowest BCUT2D eigenvalue weighted by Crippen LogP contribution is -2.45. The van der Waals surface area contributed by atoms with Crippen LogP contribution in [0.2, 0.25) is 0 Å². The third-order valence-electron chi connectivity index (χ3n) is 5.31. The first-order valence-corrected chi connectivity index (χ1v) is 9.66. The van der Waals surface area contributed by atoms with Crippen LogP contribution in [0, 0.1) is 5.82 Å². The van der Waals surface area contributed by atoms with Crippen molar-refractivity contribution >= 4 is 11.7 Å². The summed E-state index contributed by atoms with van der Waals surface area (Å²) in [5.41, 5.74) is 1.14. The van der Waals surface area contributed by atoms with Gasteiger partial charge in [-0.3, -0.25) is 4.79 Å². The molecule has 1 aromatic heterocycles. The highest BCUT2D eigenvalue weighted by molar-refractivity contribution is 5.94. The summed E-state index contributed by atoms with van der Waals surface area (Å²) in [7, 11) is 0. The standard InChI is InChI=1S/C21H24FN3O3/c22-18-4-2-1-3-16(18)5-10-24-20(26)17-6-9-23-19(15-17)25-11-7-21(8-12-25)27-13-14-28-21/h1-4,6,9,15H,5,7-8,10-14H2,(H,24,26). The number of rotatable bonds is 5. The summed E-state index contributed by atoms with van der Waals surface area (Å²) in [6.07, 6.45) is 3.67. The lowest BCUT2D eigenvalue weighted by Gasteiger charge is -2.38. The van der Waals surface area contributed by atoms with Gasteiger partial charge in [-0.1, -0.05) is 18.2 Å². The molecule has 148 valence electrons. The van der Waals surface area contributed by atoms with Crippen molar-refractivity contribution in [2.45, 2.75) is 25.0 Å². The van der Waals surface area contributed by atoms with E-state index in [9.17, 15) is 9.18 Å². The molecule has 1 N–H and O–H groups in total. The first kappa shape index (κ1) is 18.8. The van der Waals surface area contributed by atoms with E-state index in [1.807, 2.05) is 0 Å². The van der Waals surface area contributed by atoms with E-state index < -0.39 is 5.79 Å². The Morgan fingerprint density at radius 3 is 2.68 bits per heavy atom. The maximum absolute atomic E-state index is 13.7. The number of piperidine rings is 1. The average molecular weight is 385 g/mol. The van der Waals surface area contributed by atoms with Crippen molar-refractivity contribution in [3.05, 3.63) is 59.5 Å². The van der Waals surface area contributed by atoms with E-state index in [0.717, 1.165) is 31.7 Å². The molecule has 2 aromatic rings. The zero-order valence-corrected chi connectivity index (χ0v) is 15.7. The largest absolute Gasteiger partial charge is 0.356 e. The van der Waals surface area contributed by atoms with Crippen LogP contribution in [-0.2, 0) is 15.9 Å². The molecule has 2 fully saturated rings. The quantitative estimate of drug-likeness (QED) is 0.857. The van der Waals surface area contributed by atoms with E-state index in [0.29, 0.717) is 37.3 Å². The number of anilines is 1. The van der Waals surface area contributed by atoms with Gasteiger partial charge in [0, 0.05) is 44.2 Å². The molecule has 0 radical (unpaired) electrons. The molecule has 2 saturated heterocycles. The lowest BCUT2D eigenvalue weighted by molar-refractivity contribution is -0.169. The molecule has 0 aliphatic carbocycles. The molecular weight excluding hydrogens is 361 g/mol. The van der Waals surface area contributed by atoms with Crippen LogP contribution in [0.5, 0.6) is 0 Å². The average Bonchev–Trinajstić information content (AvgIpc) is 3.18. The minimum atomic E-state index is -0.432. The second-order valence-corrected chi connectivity index (χ2v) is 7.09. The van der Waals surface area contributed by atoms with Crippen molar-refractivity contribution in [1.29, 1.82) is 0 Å². The molecule has 0 unspecified atom stereocenters. The highest BCUT2D eigenvalue weighted by atomic mass is 19.1. The van der Waals surface area contributed by atoms with E-state index >= 15 is 0 Å². The maximum Gasteiger partial charge on any atom is 0.251 e. The maximum atomic E-state index is 13.7. The summed E-state index contributed by atoms with van der Waals surface area (Å²) in [6.45, 7) is 3.22. The van der Waals surface area contributed by atoms with Crippen molar-refractivity contribution in [2.75, 3.05) is 37.7 Å². The summed E-state index contributed by atoms with van der Waals surface area (Å²) in [4.78, 5) is 19.0. The summed E-state index contributed by atoms with van der Waals surface area (Å²) >= 11 is 0. The highest BCUT2D eigenvalue weighted by Crippen LogP contribution is 2.32. The van der Waals surface area contributed by atoms with Gasteiger partial charge in [0.2, 0.25) is 0 Å². The number of aromatic nitrogens is 1. The number of hydrogen-bond donors (Lipinski definition) is 1. The van der Waals surface area contributed by atoms with Crippen molar-refractivity contribution < 1.29 is 18.7 Å². The van der Waals surface area contributed by atoms with Crippen molar-refractivity contribution in [3.8, 4) is 0 Å². The number of hydrogen-bond acceptors (Lipinski definition) is 5. The summed E-state index contributed by atoms with van der Waals surface area (Å²) in [5.74, 6) is -0.0929. The molecule has 1 aromatic carbocycles. The number of amides is 1. The fourth-order valence-corrected chi connectivity index (χ4v) is 3.71. The first-order chi connectivity index (χ1) is 13.7. The highest BCUT2D eigenvalue weighted by Gasteiger charge is 2.40. The number of benzene rings is 1. The Hall–Kier alpha value is -2.51. The molecule has 0 bridgehead atoms. The molecule has 3 heterocycles. The van der Waals surface area contributed by atoms with Gasteiger partial charge in [-0.25, -0.2) is 9.37 Å². The van der Waals surface area contributed by atoms with Crippen LogP contribution in [0.4, 0.5) is 10.2 Å². The van der Waals surface area contributed by atoms with Gasteiger partial charge in [0.25, 0.3) is 5.91 Å². The molecule has 0 saturated carbocycles. The van der Waals surface area contributed by atoms with Crippen molar-refractivity contribution in [3.63, 3.8) is 0 Å². The summed E-state index contributed by atoms with van der Waals surface area (Å²) in [6, 6.07) is 10.1. The first-order valence-electron chi connectivity index (χ1n) is 9.66. The second kappa shape index (κ2) is 8.24. The van der Waals surface area contributed by atoms with E-state index in [1.54, 1.807) is 36.5 Å². The van der Waals surface area contributed by atoms with E-state index in [2.05, 4.69) is 15.2 Å².